The molecular formula is C10H11N3O3. The SMILES string of the molecule is COc1ccc2c(n1)C(=O)CCN2C(N)=O. The lowest BCUT2D eigenvalue weighted by molar-refractivity contribution is 0.0975. The molecule has 0 aliphatic carbocycles. The fourth-order valence-electron chi connectivity index (χ4n) is 1.65. The summed E-state index contributed by atoms with van der Waals surface area (Å²) in [6.45, 7) is 0.301. The zero-order valence-corrected chi connectivity index (χ0v) is 8.77. The molecule has 2 N–H and O–H groups in total. The van der Waals surface area contributed by atoms with Gasteiger partial charge < -0.3 is 10.5 Å². The van der Waals surface area contributed by atoms with Crippen molar-refractivity contribution in [2.24, 2.45) is 5.73 Å². The van der Waals surface area contributed by atoms with E-state index in [1.165, 1.54) is 12.0 Å². The summed E-state index contributed by atoms with van der Waals surface area (Å²) in [5, 5.41) is 0. The number of nitrogens with two attached hydrogens (primary N) is 1. The molecular weight excluding hydrogens is 210 g/mol. The zero-order valence-electron chi connectivity index (χ0n) is 8.77. The molecule has 0 radical (unpaired) electrons. The van der Waals surface area contributed by atoms with Gasteiger partial charge in [-0.2, -0.15) is 0 Å². The Morgan fingerprint density at radius 2 is 2.31 bits per heavy atom. The van der Waals surface area contributed by atoms with Crippen molar-refractivity contribution >= 4 is 17.5 Å². The third-order valence-electron chi connectivity index (χ3n) is 2.44. The van der Waals surface area contributed by atoms with Crippen LogP contribution in [0.1, 0.15) is 16.9 Å². The lowest BCUT2D eigenvalue weighted by Crippen LogP contribution is -2.41. The van der Waals surface area contributed by atoms with Crippen molar-refractivity contribution in [1.82, 2.24) is 4.98 Å². The summed E-state index contributed by atoms with van der Waals surface area (Å²) in [7, 11) is 1.47. The van der Waals surface area contributed by atoms with Crippen LogP contribution in [0.2, 0.25) is 0 Å². The smallest absolute Gasteiger partial charge is 0.319 e. The summed E-state index contributed by atoms with van der Waals surface area (Å²) >= 11 is 0. The van der Waals surface area contributed by atoms with E-state index in [1.54, 1.807) is 12.1 Å². The highest BCUT2D eigenvalue weighted by atomic mass is 16.5. The summed E-state index contributed by atoms with van der Waals surface area (Å²) in [5.74, 6) is 0.241. The van der Waals surface area contributed by atoms with Gasteiger partial charge in [-0.05, 0) is 6.07 Å². The molecule has 2 rings (SSSR count). The molecule has 0 fully saturated rings. The molecule has 16 heavy (non-hydrogen) atoms. The van der Waals surface area contributed by atoms with Crippen molar-refractivity contribution in [3.63, 3.8) is 0 Å². The lowest BCUT2D eigenvalue weighted by atomic mass is 10.1. The molecule has 1 aliphatic heterocycles. The molecule has 1 aromatic heterocycles. The van der Waals surface area contributed by atoms with E-state index >= 15 is 0 Å². The highest BCUT2D eigenvalue weighted by Gasteiger charge is 2.27. The standard InChI is InChI=1S/C10H11N3O3/c1-16-8-3-2-6-9(12-8)7(14)4-5-13(6)10(11)15/h2-3H,4-5H2,1H3,(H2,11,15). The molecule has 2 heterocycles. The van der Waals surface area contributed by atoms with E-state index in [0.717, 1.165) is 0 Å². The van der Waals surface area contributed by atoms with E-state index < -0.39 is 6.03 Å². The molecule has 0 spiro atoms. The normalized spacial score (nSPS) is 14.6. The van der Waals surface area contributed by atoms with Crippen LogP contribution in [-0.2, 0) is 0 Å². The number of pyridine rings is 1. The third kappa shape index (κ3) is 1.58. The fourth-order valence-corrected chi connectivity index (χ4v) is 1.65. The summed E-state index contributed by atoms with van der Waals surface area (Å²) in [5.41, 5.74) is 5.90. The van der Waals surface area contributed by atoms with Gasteiger partial charge in [0.05, 0.1) is 12.8 Å². The van der Waals surface area contributed by atoms with Crippen molar-refractivity contribution in [2.45, 2.75) is 6.42 Å². The molecule has 0 unspecified atom stereocenters. The highest BCUT2D eigenvalue weighted by molar-refractivity contribution is 6.06. The van der Waals surface area contributed by atoms with Crippen LogP contribution in [0.4, 0.5) is 10.5 Å². The number of ether oxygens (including phenoxy) is 1. The van der Waals surface area contributed by atoms with Crippen molar-refractivity contribution in [3.8, 4) is 5.88 Å². The second-order valence-electron chi connectivity index (χ2n) is 3.38. The van der Waals surface area contributed by atoms with Crippen molar-refractivity contribution in [2.75, 3.05) is 18.6 Å². The minimum atomic E-state index is -0.583. The van der Waals surface area contributed by atoms with Gasteiger partial charge in [0.1, 0.15) is 5.69 Å². The van der Waals surface area contributed by atoms with Crippen LogP contribution in [0.3, 0.4) is 0 Å². The van der Waals surface area contributed by atoms with Crippen LogP contribution in [-0.4, -0.2) is 30.5 Å². The fraction of sp³-hybridized carbons (Fsp3) is 0.300. The average Bonchev–Trinajstić information content (AvgIpc) is 2.29. The first-order chi connectivity index (χ1) is 7.63. The number of fused-ring (bicyclic) bond motifs is 1. The average molecular weight is 221 g/mol. The van der Waals surface area contributed by atoms with Crippen LogP contribution >= 0.6 is 0 Å². The zero-order chi connectivity index (χ0) is 11.7. The summed E-state index contributed by atoms with van der Waals surface area (Å²) in [6, 6.07) is 2.62. The summed E-state index contributed by atoms with van der Waals surface area (Å²) in [6.07, 6.45) is 0.232. The predicted octanol–water partition coefficient (Wildman–Crippen LogP) is 0.562. The quantitative estimate of drug-likeness (QED) is 0.750. The van der Waals surface area contributed by atoms with Gasteiger partial charge in [-0.1, -0.05) is 0 Å². The van der Waals surface area contributed by atoms with Gasteiger partial charge in [-0.15, -0.1) is 0 Å². The van der Waals surface area contributed by atoms with Crippen molar-refractivity contribution in [3.05, 3.63) is 17.8 Å². The molecule has 84 valence electrons. The number of hydrogen-bond acceptors (Lipinski definition) is 4. The van der Waals surface area contributed by atoms with Gasteiger partial charge in [-0.25, -0.2) is 9.78 Å². The molecule has 6 heteroatoms. The first-order valence-electron chi connectivity index (χ1n) is 4.78. The topological polar surface area (TPSA) is 85.5 Å². The third-order valence-corrected chi connectivity index (χ3v) is 2.44. The minimum Gasteiger partial charge on any atom is -0.481 e. The molecule has 0 saturated carbocycles. The number of aromatic nitrogens is 1. The molecule has 1 aromatic rings. The molecule has 0 bridgehead atoms. The van der Waals surface area contributed by atoms with E-state index in [-0.39, 0.29) is 17.9 Å². The van der Waals surface area contributed by atoms with Crippen molar-refractivity contribution in [1.29, 1.82) is 0 Å². The number of Topliss-reactive ketones (excluding diaryl/α,β-unsaturated/α-hetero) is 1. The molecule has 0 atom stereocenters. The maximum Gasteiger partial charge on any atom is 0.319 e. The van der Waals surface area contributed by atoms with E-state index in [2.05, 4.69) is 4.98 Å². The van der Waals surface area contributed by atoms with Crippen LogP contribution in [0.25, 0.3) is 0 Å². The summed E-state index contributed by atoms with van der Waals surface area (Å²) in [4.78, 5) is 28.1. The van der Waals surface area contributed by atoms with Crippen molar-refractivity contribution < 1.29 is 14.3 Å². The van der Waals surface area contributed by atoms with Crippen LogP contribution < -0.4 is 15.4 Å². The Hall–Kier alpha value is -2.11. The Morgan fingerprint density at radius 1 is 1.56 bits per heavy atom. The Bertz CT molecular complexity index is 459. The molecule has 2 amide bonds. The number of carbonyl (C=O) groups excluding carboxylic acids is 2. The Kier molecular flexibility index (Phi) is 2.47. The van der Waals surface area contributed by atoms with Crippen LogP contribution in [0.15, 0.2) is 12.1 Å². The van der Waals surface area contributed by atoms with E-state index in [9.17, 15) is 9.59 Å². The van der Waals surface area contributed by atoms with Gasteiger partial charge >= 0.3 is 6.03 Å². The Balaban J connectivity index is 2.51. The van der Waals surface area contributed by atoms with Gasteiger partial charge in [-0.3, -0.25) is 9.69 Å². The molecule has 1 aliphatic rings. The Labute approximate surface area is 92.0 Å². The number of amides is 2. The molecule has 0 saturated heterocycles. The number of rotatable bonds is 1. The van der Waals surface area contributed by atoms with E-state index in [4.69, 9.17) is 10.5 Å². The molecule has 6 nitrogen and oxygen atoms in total. The largest absolute Gasteiger partial charge is 0.481 e. The predicted molar refractivity (Wildman–Crippen MR) is 56.7 cm³/mol. The molecule has 0 aromatic carbocycles. The van der Waals surface area contributed by atoms with Gasteiger partial charge in [0.15, 0.2) is 5.78 Å². The maximum atomic E-state index is 11.6. The van der Waals surface area contributed by atoms with Gasteiger partial charge in [0.25, 0.3) is 0 Å². The van der Waals surface area contributed by atoms with E-state index in [0.29, 0.717) is 18.1 Å². The number of methoxy groups -OCH3 is 1. The number of nitrogens with zero attached hydrogens (tertiary/aromatic N) is 2. The summed E-state index contributed by atoms with van der Waals surface area (Å²) < 4.78 is 4.93. The second-order valence-corrected chi connectivity index (χ2v) is 3.38. The van der Waals surface area contributed by atoms with E-state index in [1.807, 2.05) is 0 Å². The van der Waals surface area contributed by atoms with Crippen LogP contribution in [0.5, 0.6) is 5.88 Å². The van der Waals surface area contributed by atoms with Gasteiger partial charge in [0, 0.05) is 19.0 Å². The number of carbonyl (C=O) groups is 2. The lowest BCUT2D eigenvalue weighted by Gasteiger charge is -2.26. The van der Waals surface area contributed by atoms with Gasteiger partial charge in [0.2, 0.25) is 5.88 Å². The maximum absolute atomic E-state index is 11.6. The first kappa shape index (κ1) is 10.4. The monoisotopic (exact) mass is 221 g/mol. The minimum absolute atomic E-state index is 0.105. The van der Waals surface area contributed by atoms with Crippen LogP contribution in [0, 0.1) is 0 Å². The number of anilines is 1. The number of urea groups is 1. The second kappa shape index (κ2) is 3.80. The number of hydrogen-bond donors (Lipinski definition) is 1. The number of primary amides is 1. The Morgan fingerprint density at radius 3 is 2.94 bits per heavy atom. The first-order valence-corrected chi connectivity index (χ1v) is 4.78. The highest BCUT2D eigenvalue weighted by Crippen LogP contribution is 2.27. The number of ketones is 1.